The van der Waals surface area contributed by atoms with E-state index in [9.17, 15) is 4.79 Å². The molecule has 0 saturated carbocycles. The van der Waals surface area contributed by atoms with E-state index in [0.717, 1.165) is 5.69 Å². The number of hydrogen-bond donors (Lipinski definition) is 2. The molecule has 14 heavy (non-hydrogen) atoms. The minimum absolute atomic E-state index is 0.0816. The van der Waals surface area contributed by atoms with Crippen molar-refractivity contribution < 1.29 is 4.79 Å². The fourth-order valence-corrected chi connectivity index (χ4v) is 1.22. The van der Waals surface area contributed by atoms with Crippen LogP contribution in [0.3, 0.4) is 0 Å². The number of hydrogen-bond acceptors (Lipinski definition) is 3. The highest BCUT2D eigenvalue weighted by molar-refractivity contribution is 7.80. The molecule has 0 bridgehead atoms. The third-order valence-corrected chi connectivity index (χ3v) is 2.37. The number of thiol groups is 1. The maximum Gasteiger partial charge on any atom is 0.241 e. The monoisotopic (exact) mass is 233 g/mol. The van der Waals surface area contributed by atoms with Crippen molar-refractivity contribution in [3.63, 3.8) is 0 Å². The number of rotatable bonds is 4. The van der Waals surface area contributed by atoms with E-state index in [0.29, 0.717) is 17.3 Å². The van der Waals surface area contributed by atoms with E-state index in [2.05, 4.69) is 23.0 Å². The molecule has 0 spiro atoms. The molecule has 1 heterocycles. The van der Waals surface area contributed by atoms with Crippen LogP contribution >= 0.6 is 24.2 Å². The van der Waals surface area contributed by atoms with Crippen molar-refractivity contribution >= 4 is 30.1 Å². The summed E-state index contributed by atoms with van der Waals surface area (Å²) in [5.41, 5.74) is 0.799. The highest BCUT2D eigenvalue weighted by Gasteiger charge is 2.07. The van der Waals surface area contributed by atoms with Gasteiger partial charge in [0.15, 0.2) is 0 Å². The maximum atomic E-state index is 11.3. The molecule has 0 aliphatic heterocycles. The van der Waals surface area contributed by atoms with Crippen molar-refractivity contribution in [2.24, 2.45) is 0 Å². The predicted octanol–water partition coefficient (Wildman–Crippen LogP) is 0.891. The highest BCUT2D eigenvalue weighted by Crippen LogP contribution is 2.12. The predicted molar refractivity (Wildman–Crippen MR) is 58.8 cm³/mol. The van der Waals surface area contributed by atoms with E-state index in [4.69, 9.17) is 11.6 Å². The molecule has 0 atom stereocenters. The van der Waals surface area contributed by atoms with Gasteiger partial charge in [0.2, 0.25) is 5.91 Å². The number of carbonyl (C=O) groups is 1. The van der Waals surface area contributed by atoms with Crippen LogP contribution in [0.1, 0.15) is 5.69 Å². The number of carbonyl (C=O) groups excluding carboxylic acids is 1. The molecule has 1 aromatic rings. The van der Waals surface area contributed by atoms with Gasteiger partial charge in [-0.15, -0.1) is 0 Å². The van der Waals surface area contributed by atoms with Gasteiger partial charge in [0.1, 0.15) is 6.54 Å². The standard InChI is InChI=1S/C8H12ClN3OS/c1-6-7(9)4-11-12(6)5-8(13)10-2-3-14/h4,14H,2-3,5H2,1H3,(H,10,13). The summed E-state index contributed by atoms with van der Waals surface area (Å²) in [5.74, 6) is 0.548. The topological polar surface area (TPSA) is 46.9 Å². The molecule has 1 amide bonds. The zero-order valence-electron chi connectivity index (χ0n) is 7.83. The molecule has 78 valence electrons. The summed E-state index contributed by atoms with van der Waals surface area (Å²) in [5, 5.41) is 7.24. The molecule has 6 heteroatoms. The molecule has 0 aliphatic carbocycles. The Kier molecular flexibility index (Phi) is 4.28. The van der Waals surface area contributed by atoms with Gasteiger partial charge in [0, 0.05) is 12.3 Å². The second kappa shape index (κ2) is 5.26. The number of amides is 1. The van der Waals surface area contributed by atoms with Gasteiger partial charge < -0.3 is 5.32 Å². The lowest BCUT2D eigenvalue weighted by molar-refractivity contribution is -0.121. The molecule has 0 radical (unpaired) electrons. The Hall–Kier alpha value is -0.680. The maximum absolute atomic E-state index is 11.3. The van der Waals surface area contributed by atoms with E-state index in [1.165, 1.54) is 6.20 Å². The second-order valence-electron chi connectivity index (χ2n) is 2.81. The van der Waals surface area contributed by atoms with Gasteiger partial charge >= 0.3 is 0 Å². The Balaban J connectivity index is 2.52. The lowest BCUT2D eigenvalue weighted by Gasteiger charge is -2.04. The van der Waals surface area contributed by atoms with Crippen molar-refractivity contribution in [2.45, 2.75) is 13.5 Å². The van der Waals surface area contributed by atoms with Crippen LogP contribution in [0, 0.1) is 6.92 Å². The molecule has 0 saturated heterocycles. The fraction of sp³-hybridized carbons (Fsp3) is 0.500. The lowest BCUT2D eigenvalue weighted by Crippen LogP contribution is -2.29. The van der Waals surface area contributed by atoms with E-state index >= 15 is 0 Å². The molecule has 1 aromatic heterocycles. The van der Waals surface area contributed by atoms with Crippen molar-refractivity contribution in [1.29, 1.82) is 0 Å². The van der Waals surface area contributed by atoms with Gasteiger partial charge in [0.05, 0.1) is 16.9 Å². The summed E-state index contributed by atoms with van der Waals surface area (Å²) in [7, 11) is 0. The summed E-state index contributed by atoms with van der Waals surface area (Å²) < 4.78 is 1.57. The van der Waals surface area contributed by atoms with Gasteiger partial charge in [0.25, 0.3) is 0 Å². The lowest BCUT2D eigenvalue weighted by atomic mass is 10.4. The first kappa shape index (κ1) is 11.4. The summed E-state index contributed by atoms with van der Waals surface area (Å²) in [4.78, 5) is 11.3. The Labute approximate surface area is 93.0 Å². The minimum atomic E-state index is -0.0816. The smallest absolute Gasteiger partial charge is 0.241 e. The van der Waals surface area contributed by atoms with Gasteiger partial charge in [-0.3, -0.25) is 9.48 Å². The van der Waals surface area contributed by atoms with Crippen LogP contribution in [-0.2, 0) is 11.3 Å². The third-order valence-electron chi connectivity index (χ3n) is 1.77. The Morgan fingerprint density at radius 3 is 3.00 bits per heavy atom. The van der Waals surface area contributed by atoms with Crippen LogP contribution in [0.25, 0.3) is 0 Å². The van der Waals surface area contributed by atoms with Crippen molar-refractivity contribution in [1.82, 2.24) is 15.1 Å². The van der Waals surface area contributed by atoms with Gasteiger partial charge in [-0.25, -0.2) is 0 Å². The second-order valence-corrected chi connectivity index (χ2v) is 3.66. The summed E-state index contributed by atoms with van der Waals surface area (Å²) in [6.07, 6.45) is 1.53. The molecular formula is C8H12ClN3OS. The van der Waals surface area contributed by atoms with Crippen LogP contribution in [-0.4, -0.2) is 28.0 Å². The Bertz CT molecular complexity index is 326. The van der Waals surface area contributed by atoms with Gasteiger partial charge in [-0.2, -0.15) is 17.7 Å². The molecule has 0 aliphatic rings. The normalized spacial score (nSPS) is 10.2. The molecule has 1 N–H and O–H groups in total. The van der Waals surface area contributed by atoms with E-state index in [-0.39, 0.29) is 12.5 Å². The van der Waals surface area contributed by atoms with Gasteiger partial charge in [-0.1, -0.05) is 11.6 Å². The van der Waals surface area contributed by atoms with E-state index < -0.39 is 0 Å². The quantitative estimate of drug-likeness (QED) is 0.759. The third kappa shape index (κ3) is 2.92. The largest absolute Gasteiger partial charge is 0.354 e. The summed E-state index contributed by atoms with van der Waals surface area (Å²) in [6, 6.07) is 0. The molecule has 0 unspecified atom stereocenters. The minimum Gasteiger partial charge on any atom is -0.354 e. The zero-order valence-corrected chi connectivity index (χ0v) is 9.48. The van der Waals surface area contributed by atoms with Gasteiger partial charge in [-0.05, 0) is 6.92 Å². The zero-order chi connectivity index (χ0) is 10.6. The number of aromatic nitrogens is 2. The average molecular weight is 234 g/mol. The first-order chi connectivity index (χ1) is 6.65. The van der Waals surface area contributed by atoms with E-state index in [1.807, 2.05) is 6.92 Å². The highest BCUT2D eigenvalue weighted by atomic mass is 35.5. The number of nitrogens with zero attached hydrogens (tertiary/aromatic N) is 2. The Morgan fingerprint density at radius 2 is 2.50 bits per heavy atom. The summed E-state index contributed by atoms with van der Waals surface area (Å²) in [6.45, 7) is 2.59. The Morgan fingerprint density at radius 1 is 1.79 bits per heavy atom. The SMILES string of the molecule is Cc1c(Cl)cnn1CC(=O)NCCS. The van der Waals surface area contributed by atoms with Crippen molar-refractivity contribution in [3.8, 4) is 0 Å². The molecule has 0 aromatic carbocycles. The molecular weight excluding hydrogens is 222 g/mol. The number of nitrogens with one attached hydrogen (secondary N) is 1. The number of halogens is 1. The molecule has 1 rings (SSSR count). The first-order valence-corrected chi connectivity index (χ1v) is 5.21. The van der Waals surface area contributed by atoms with Crippen LogP contribution in [0.4, 0.5) is 0 Å². The van der Waals surface area contributed by atoms with Crippen molar-refractivity contribution in [2.75, 3.05) is 12.3 Å². The summed E-state index contributed by atoms with van der Waals surface area (Å²) >= 11 is 9.78. The van der Waals surface area contributed by atoms with Crippen LogP contribution < -0.4 is 5.32 Å². The van der Waals surface area contributed by atoms with Crippen LogP contribution in [0.15, 0.2) is 6.20 Å². The fourth-order valence-electron chi connectivity index (χ4n) is 0.970. The molecule has 4 nitrogen and oxygen atoms in total. The van der Waals surface area contributed by atoms with Crippen LogP contribution in [0.5, 0.6) is 0 Å². The average Bonchev–Trinajstić information content (AvgIpc) is 2.46. The van der Waals surface area contributed by atoms with Crippen molar-refractivity contribution in [3.05, 3.63) is 16.9 Å². The van der Waals surface area contributed by atoms with Crippen LogP contribution in [0.2, 0.25) is 5.02 Å². The first-order valence-electron chi connectivity index (χ1n) is 4.20. The van der Waals surface area contributed by atoms with E-state index in [1.54, 1.807) is 4.68 Å². The molecule has 0 fully saturated rings.